The molecule has 34 heavy (non-hydrogen) atoms. The van der Waals surface area contributed by atoms with Crippen LogP contribution in [0.2, 0.25) is 0 Å². The van der Waals surface area contributed by atoms with E-state index in [1.165, 1.54) is 45.4 Å². The SMILES string of the molecule is CCc1nnc([C@H]2C(=N)S/C(=C\c3ccc(OCc4c(C)cc(C)cc4C)c(OC)c3)C2=O)s1. The summed E-state index contributed by atoms with van der Waals surface area (Å²) in [5, 5.41) is 18.3. The molecule has 0 saturated carbocycles. The van der Waals surface area contributed by atoms with E-state index in [4.69, 9.17) is 14.9 Å². The third-order valence-corrected chi connectivity index (χ3v) is 7.84. The molecule has 0 radical (unpaired) electrons. The number of aryl methyl sites for hydroxylation is 4. The molecule has 6 nitrogen and oxygen atoms in total. The summed E-state index contributed by atoms with van der Waals surface area (Å²) in [5.41, 5.74) is 5.61. The van der Waals surface area contributed by atoms with Crippen LogP contribution in [0.5, 0.6) is 11.5 Å². The number of hydrogen-bond acceptors (Lipinski definition) is 8. The van der Waals surface area contributed by atoms with Crippen LogP contribution in [-0.2, 0) is 17.8 Å². The van der Waals surface area contributed by atoms with Crippen molar-refractivity contribution >= 4 is 40.0 Å². The standard InChI is InChI=1S/C26H27N3O3S2/c1-6-22-28-29-26(34-22)23-24(30)21(33-25(23)27)12-17-7-8-19(20(11-17)31-5)32-13-18-15(3)9-14(2)10-16(18)4/h7-12,23,27H,6,13H2,1-5H3/b21-12-,27-25?/t23-/m1/s1. The van der Waals surface area contributed by atoms with E-state index in [1.54, 1.807) is 13.2 Å². The number of carbonyl (C=O) groups is 1. The van der Waals surface area contributed by atoms with Gasteiger partial charge in [0, 0.05) is 0 Å². The van der Waals surface area contributed by atoms with Gasteiger partial charge in [-0.2, -0.15) is 0 Å². The Bertz CT molecular complexity index is 1270. The van der Waals surface area contributed by atoms with Gasteiger partial charge >= 0.3 is 0 Å². The van der Waals surface area contributed by atoms with Crippen molar-refractivity contribution in [3.8, 4) is 11.5 Å². The van der Waals surface area contributed by atoms with Gasteiger partial charge in [0.2, 0.25) is 0 Å². The first-order chi connectivity index (χ1) is 16.3. The molecule has 1 aliphatic heterocycles. The third-order valence-electron chi connectivity index (χ3n) is 5.72. The molecule has 1 atom stereocenters. The van der Waals surface area contributed by atoms with Gasteiger partial charge in [-0.1, -0.05) is 42.4 Å². The molecule has 8 heteroatoms. The number of hydrogen-bond donors (Lipinski definition) is 1. The fourth-order valence-corrected chi connectivity index (χ4v) is 5.93. The molecule has 1 N–H and O–H groups in total. The summed E-state index contributed by atoms with van der Waals surface area (Å²) >= 11 is 2.58. The number of carbonyl (C=O) groups excluding carboxylic acids is 1. The number of ether oxygens (including phenoxy) is 2. The molecule has 2 aromatic carbocycles. The fourth-order valence-electron chi connectivity index (χ4n) is 3.97. The van der Waals surface area contributed by atoms with E-state index in [1.807, 2.05) is 25.1 Å². The molecular weight excluding hydrogens is 466 g/mol. The van der Waals surface area contributed by atoms with Gasteiger partial charge < -0.3 is 9.47 Å². The van der Waals surface area contributed by atoms with Gasteiger partial charge in [-0.05, 0) is 67.7 Å². The zero-order chi connectivity index (χ0) is 24.4. The lowest BCUT2D eigenvalue weighted by Crippen LogP contribution is -2.11. The van der Waals surface area contributed by atoms with Gasteiger partial charge in [0.1, 0.15) is 22.5 Å². The van der Waals surface area contributed by atoms with Crippen LogP contribution in [0.25, 0.3) is 6.08 Å². The van der Waals surface area contributed by atoms with Crippen LogP contribution in [0.15, 0.2) is 35.2 Å². The third kappa shape index (κ3) is 4.93. The van der Waals surface area contributed by atoms with Crippen LogP contribution in [0, 0.1) is 26.2 Å². The smallest absolute Gasteiger partial charge is 0.186 e. The maximum absolute atomic E-state index is 13.0. The Labute approximate surface area is 207 Å². The average Bonchev–Trinajstić information content (AvgIpc) is 3.37. The summed E-state index contributed by atoms with van der Waals surface area (Å²) in [6.45, 7) is 8.72. The Balaban J connectivity index is 1.53. The highest BCUT2D eigenvalue weighted by atomic mass is 32.2. The number of ketones is 1. The van der Waals surface area contributed by atoms with Crippen molar-refractivity contribution in [3.05, 3.63) is 73.1 Å². The topological polar surface area (TPSA) is 85.2 Å². The van der Waals surface area contributed by atoms with E-state index in [0.717, 1.165) is 17.0 Å². The summed E-state index contributed by atoms with van der Waals surface area (Å²) in [7, 11) is 1.60. The van der Waals surface area contributed by atoms with Crippen LogP contribution >= 0.6 is 23.1 Å². The molecule has 1 saturated heterocycles. The molecule has 1 fully saturated rings. The normalized spacial score (nSPS) is 17.0. The van der Waals surface area contributed by atoms with Gasteiger partial charge in [-0.25, -0.2) is 0 Å². The number of rotatable bonds is 7. The van der Waals surface area contributed by atoms with E-state index >= 15 is 0 Å². The lowest BCUT2D eigenvalue weighted by atomic mass is 10.0. The van der Waals surface area contributed by atoms with Crippen LogP contribution in [-0.4, -0.2) is 28.1 Å². The maximum atomic E-state index is 13.0. The minimum atomic E-state index is -0.653. The zero-order valence-corrected chi connectivity index (χ0v) is 21.5. The fraction of sp³-hybridized carbons (Fsp3) is 0.308. The lowest BCUT2D eigenvalue weighted by Gasteiger charge is -2.15. The van der Waals surface area contributed by atoms with Crippen molar-refractivity contribution in [2.45, 2.75) is 46.6 Å². The summed E-state index contributed by atoms with van der Waals surface area (Å²) < 4.78 is 11.7. The summed E-state index contributed by atoms with van der Waals surface area (Å²) in [6.07, 6.45) is 2.56. The minimum Gasteiger partial charge on any atom is -0.493 e. The first kappa shape index (κ1) is 24.2. The summed E-state index contributed by atoms with van der Waals surface area (Å²) in [5.74, 6) is 0.467. The van der Waals surface area contributed by atoms with Gasteiger partial charge in [-0.15, -0.1) is 21.5 Å². The predicted octanol–water partition coefficient (Wildman–Crippen LogP) is 6.03. The second-order valence-electron chi connectivity index (χ2n) is 8.24. The number of allylic oxidation sites excluding steroid dienone is 1. The molecular formula is C26H27N3O3S2. The van der Waals surface area contributed by atoms with Crippen molar-refractivity contribution in [1.82, 2.24) is 10.2 Å². The Morgan fingerprint density at radius 1 is 1.09 bits per heavy atom. The van der Waals surface area contributed by atoms with Crippen LogP contribution in [0.3, 0.4) is 0 Å². The van der Waals surface area contributed by atoms with Crippen LogP contribution in [0.1, 0.15) is 50.7 Å². The summed E-state index contributed by atoms with van der Waals surface area (Å²) in [6, 6.07) is 9.91. The molecule has 176 valence electrons. The van der Waals surface area contributed by atoms with Gasteiger partial charge in [0.25, 0.3) is 0 Å². The zero-order valence-electron chi connectivity index (χ0n) is 19.9. The van der Waals surface area contributed by atoms with Gasteiger partial charge in [0.15, 0.2) is 17.3 Å². The molecule has 0 amide bonds. The van der Waals surface area contributed by atoms with Crippen molar-refractivity contribution in [2.75, 3.05) is 7.11 Å². The van der Waals surface area contributed by atoms with E-state index in [9.17, 15) is 4.79 Å². The number of Topliss-reactive ketones (excluding diaryl/α,β-unsaturated/α-hetero) is 1. The van der Waals surface area contributed by atoms with E-state index < -0.39 is 5.92 Å². The molecule has 0 bridgehead atoms. The Morgan fingerprint density at radius 2 is 1.82 bits per heavy atom. The number of aromatic nitrogens is 2. The number of nitrogens with one attached hydrogen (secondary N) is 1. The van der Waals surface area contributed by atoms with E-state index in [2.05, 4.69) is 43.1 Å². The van der Waals surface area contributed by atoms with E-state index in [-0.39, 0.29) is 10.8 Å². The van der Waals surface area contributed by atoms with Crippen LogP contribution < -0.4 is 9.47 Å². The van der Waals surface area contributed by atoms with Crippen molar-refractivity contribution in [1.29, 1.82) is 5.41 Å². The Kier molecular flexibility index (Phi) is 7.19. The first-order valence-electron chi connectivity index (χ1n) is 11.0. The van der Waals surface area contributed by atoms with Crippen molar-refractivity contribution in [2.24, 2.45) is 0 Å². The molecule has 0 spiro atoms. The monoisotopic (exact) mass is 493 g/mol. The number of benzene rings is 2. The second-order valence-corrected chi connectivity index (χ2v) is 10.4. The summed E-state index contributed by atoms with van der Waals surface area (Å²) in [4.78, 5) is 13.6. The maximum Gasteiger partial charge on any atom is 0.186 e. The quantitative estimate of drug-likeness (QED) is 0.405. The molecule has 4 rings (SSSR count). The lowest BCUT2D eigenvalue weighted by molar-refractivity contribution is -0.114. The molecule has 3 aromatic rings. The predicted molar refractivity (Wildman–Crippen MR) is 138 cm³/mol. The first-order valence-corrected chi connectivity index (χ1v) is 12.7. The van der Waals surface area contributed by atoms with Crippen molar-refractivity contribution in [3.63, 3.8) is 0 Å². The van der Waals surface area contributed by atoms with Gasteiger partial charge in [-0.3, -0.25) is 10.2 Å². The van der Waals surface area contributed by atoms with E-state index in [0.29, 0.717) is 28.0 Å². The molecule has 1 aliphatic rings. The molecule has 0 unspecified atom stereocenters. The number of thioether (sulfide) groups is 1. The number of nitrogens with zero attached hydrogens (tertiary/aromatic N) is 2. The van der Waals surface area contributed by atoms with Crippen LogP contribution in [0.4, 0.5) is 0 Å². The second kappa shape index (κ2) is 10.1. The Hall–Kier alpha value is -2.97. The largest absolute Gasteiger partial charge is 0.493 e. The highest BCUT2D eigenvalue weighted by Crippen LogP contribution is 2.42. The minimum absolute atomic E-state index is 0.113. The van der Waals surface area contributed by atoms with Gasteiger partial charge in [0.05, 0.1) is 17.1 Å². The number of methoxy groups -OCH3 is 1. The molecule has 1 aromatic heterocycles. The van der Waals surface area contributed by atoms with Crippen molar-refractivity contribution < 1.29 is 14.3 Å². The molecule has 2 heterocycles. The highest BCUT2D eigenvalue weighted by molar-refractivity contribution is 8.19. The average molecular weight is 494 g/mol. The molecule has 0 aliphatic carbocycles. The highest BCUT2D eigenvalue weighted by Gasteiger charge is 2.39. The Morgan fingerprint density at radius 3 is 2.47 bits per heavy atom.